The number of aryl methyl sites for hydroxylation is 1. The lowest BCUT2D eigenvalue weighted by molar-refractivity contribution is -0.697. The zero-order chi connectivity index (χ0) is 21.4. The van der Waals surface area contributed by atoms with E-state index in [9.17, 15) is 17.6 Å². The number of rotatable bonds is 10. The molecule has 0 saturated heterocycles. The first kappa shape index (κ1) is 22.9. The zero-order valence-electron chi connectivity index (χ0n) is 16.9. The third-order valence-corrected chi connectivity index (χ3v) is 4.56. The van der Waals surface area contributed by atoms with Crippen LogP contribution in [0.3, 0.4) is 0 Å². The molecule has 0 fully saturated rings. The minimum Gasteiger partial charge on any atom is -0.367 e. The van der Waals surface area contributed by atoms with Crippen molar-refractivity contribution in [1.82, 2.24) is 0 Å². The molecule has 0 aliphatic heterocycles. The standard InChI is InChI=1S/C22H28F4N3/c1-3-11-29(12-4-2)22-20(25)18(23)17(19(24)21(22)26)7-6-16-8-14-28(15-9-16)13-5-10-27/h6-9,14-15H,3-5,10-13,27H2,1-2H3/q+1. The van der Waals surface area contributed by atoms with Crippen LogP contribution in [0.1, 0.15) is 44.2 Å². The van der Waals surface area contributed by atoms with Gasteiger partial charge >= 0.3 is 0 Å². The number of benzene rings is 1. The van der Waals surface area contributed by atoms with Crippen molar-refractivity contribution in [1.29, 1.82) is 0 Å². The third-order valence-electron chi connectivity index (χ3n) is 4.56. The molecular formula is C22H28F4N3+. The van der Waals surface area contributed by atoms with Gasteiger partial charge in [0.1, 0.15) is 12.2 Å². The quantitative estimate of drug-likeness (QED) is 0.351. The number of nitrogens with two attached hydrogens (primary N) is 1. The van der Waals surface area contributed by atoms with Crippen molar-refractivity contribution in [2.75, 3.05) is 24.5 Å². The molecule has 0 unspecified atom stereocenters. The van der Waals surface area contributed by atoms with Crippen molar-refractivity contribution in [3.8, 4) is 0 Å². The summed E-state index contributed by atoms with van der Waals surface area (Å²) in [7, 11) is 0. The van der Waals surface area contributed by atoms with Gasteiger partial charge in [0.15, 0.2) is 35.7 Å². The summed E-state index contributed by atoms with van der Waals surface area (Å²) >= 11 is 0. The van der Waals surface area contributed by atoms with E-state index in [4.69, 9.17) is 5.73 Å². The van der Waals surface area contributed by atoms with Crippen molar-refractivity contribution in [3.63, 3.8) is 0 Å². The number of nitrogens with zero attached hydrogens (tertiary/aromatic N) is 2. The van der Waals surface area contributed by atoms with Crippen LogP contribution in [0.2, 0.25) is 0 Å². The Balaban J connectivity index is 2.35. The van der Waals surface area contributed by atoms with E-state index in [1.165, 1.54) is 11.0 Å². The average Bonchev–Trinajstić information content (AvgIpc) is 2.72. The van der Waals surface area contributed by atoms with Gasteiger partial charge in [-0.05, 0) is 31.0 Å². The van der Waals surface area contributed by atoms with E-state index in [0.29, 0.717) is 38.0 Å². The van der Waals surface area contributed by atoms with Crippen molar-refractivity contribution < 1.29 is 22.1 Å². The zero-order valence-corrected chi connectivity index (χ0v) is 16.9. The summed E-state index contributed by atoms with van der Waals surface area (Å²) in [5.41, 5.74) is 4.76. The fourth-order valence-corrected chi connectivity index (χ4v) is 3.12. The molecule has 2 N–H and O–H groups in total. The number of hydrogen-bond donors (Lipinski definition) is 1. The highest BCUT2D eigenvalue weighted by Crippen LogP contribution is 2.32. The highest BCUT2D eigenvalue weighted by atomic mass is 19.2. The van der Waals surface area contributed by atoms with Crippen LogP contribution in [0.5, 0.6) is 0 Å². The monoisotopic (exact) mass is 410 g/mol. The van der Waals surface area contributed by atoms with E-state index in [1.807, 2.05) is 18.4 Å². The Morgan fingerprint density at radius 3 is 1.93 bits per heavy atom. The van der Waals surface area contributed by atoms with Crippen LogP contribution in [0, 0.1) is 23.3 Å². The van der Waals surface area contributed by atoms with Gasteiger partial charge in [-0.2, -0.15) is 0 Å². The molecular weight excluding hydrogens is 382 g/mol. The molecule has 0 aliphatic carbocycles. The molecule has 2 rings (SSSR count). The van der Waals surface area contributed by atoms with E-state index in [1.54, 1.807) is 24.5 Å². The fraction of sp³-hybridized carbons (Fsp3) is 0.409. The van der Waals surface area contributed by atoms with Gasteiger partial charge in [-0.25, -0.2) is 22.1 Å². The molecule has 1 aromatic heterocycles. The minimum absolute atomic E-state index is 0.309. The lowest BCUT2D eigenvalue weighted by Gasteiger charge is -2.25. The summed E-state index contributed by atoms with van der Waals surface area (Å²) in [6.07, 6.45) is 8.12. The van der Waals surface area contributed by atoms with E-state index < -0.39 is 34.5 Å². The molecule has 0 aliphatic rings. The first-order valence-corrected chi connectivity index (χ1v) is 9.92. The van der Waals surface area contributed by atoms with Crippen molar-refractivity contribution in [3.05, 3.63) is 58.9 Å². The summed E-state index contributed by atoms with van der Waals surface area (Å²) in [6, 6.07) is 3.49. The maximum Gasteiger partial charge on any atom is 0.185 e. The summed E-state index contributed by atoms with van der Waals surface area (Å²) in [5, 5.41) is 0. The predicted octanol–water partition coefficient (Wildman–Crippen LogP) is 4.68. The van der Waals surface area contributed by atoms with Crippen LogP contribution in [-0.4, -0.2) is 19.6 Å². The van der Waals surface area contributed by atoms with E-state index >= 15 is 0 Å². The first-order valence-electron chi connectivity index (χ1n) is 9.92. The number of aromatic nitrogens is 1. The van der Waals surface area contributed by atoms with Crippen LogP contribution in [-0.2, 0) is 6.54 Å². The van der Waals surface area contributed by atoms with E-state index in [0.717, 1.165) is 19.0 Å². The Kier molecular flexibility index (Phi) is 8.64. The summed E-state index contributed by atoms with van der Waals surface area (Å²) in [6.45, 7) is 5.62. The molecule has 29 heavy (non-hydrogen) atoms. The van der Waals surface area contributed by atoms with Gasteiger partial charge in [0.25, 0.3) is 0 Å². The average molecular weight is 410 g/mol. The van der Waals surface area contributed by atoms with Gasteiger partial charge < -0.3 is 10.6 Å². The number of hydrogen-bond acceptors (Lipinski definition) is 2. The molecule has 0 saturated carbocycles. The summed E-state index contributed by atoms with van der Waals surface area (Å²) in [5.74, 6) is -5.50. The highest BCUT2D eigenvalue weighted by Gasteiger charge is 2.27. The van der Waals surface area contributed by atoms with Gasteiger partial charge in [-0.15, -0.1) is 0 Å². The minimum atomic E-state index is -1.39. The summed E-state index contributed by atoms with van der Waals surface area (Å²) in [4.78, 5) is 1.35. The second kappa shape index (κ2) is 11.0. The molecule has 0 bridgehead atoms. The van der Waals surface area contributed by atoms with Gasteiger partial charge in [-0.3, -0.25) is 0 Å². The topological polar surface area (TPSA) is 33.1 Å². The van der Waals surface area contributed by atoms with Crippen molar-refractivity contribution in [2.45, 2.75) is 39.7 Å². The molecule has 3 nitrogen and oxygen atoms in total. The molecule has 158 valence electrons. The van der Waals surface area contributed by atoms with Crippen LogP contribution >= 0.6 is 0 Å². The smallest absolute Gasteiger partial charge is 0.185 e. The SMILES string of the molecule is CCCN(CCC)c1c(F)c(F)c(C=Cc2cc[n+](CCCN)cc2)c(F)c1F. The van der Waals surface area contributed by atoms with Crippen LogP contribution in [0.25, 0.3) is 12.2 Å². The van der Waals surface area contributed by atoms with Crippen LogP contribution in [0.4, 0.5) is 23.2 Å². The second-order valence-corrected chi connectivity index (χ2v) is 6.85. The van der Waals surface area contributed by atoms with E-state index in [-0.39, 0.29) is 0 Å². The number of pyridine rings is 1. The molecule has 0 amide bonds. The van der Waals surface area contributed by atoms with Gasteiger partial charge in [-0.1, -0.05) is 19.9 Å². The van der Waals surface area contributed by atoms with Crippen LogP contribution in [0.15, 0.2) is 24.5 Å². The molecule has 0 radical (unpaired) electrons. The molecule has 0 spiro atoms. The maximum atomic E-state index is 14.6. The Hall–Kier alpha value is -2.41. The molecule has 2 aromatic rings. The largest absolute Gasteiger partial charge is 0.367 e. The molecule has 0 atom stereocenters. The second-order valence-electron chi connectivity index (χ2n) is 6.85. The third kappa shape index (κ3) is 5.56. The lowest BCUT2D eigenvalue weighted by Crippen LogP contribution is -2.33. The first-order chi connectivity index (χ1) is 13.9. The van der Waals surface area contributed by atoms with Crippen molar-refractivity contribution in [2.24, 2.45) is 5.73 Å². The number of anilines is 1. The predicted molar refractivity (Wildman–Crippen MR) is 108 cm³/mol. The highest BCUT2D eigenvalue weighted by molar-refractivity contribution is 5.71. The molecule has 1 aromatic carbocycles. The van der Waals surface area contributed by atoms with Gasteiger partial charge in [0.2, 0.25) is 0 Å². The van der Waals surface area contributed by atoms with Gasteiger partial charge in [0, 0.05) is 31.6 Å². The molecule has 1 heterocycles. The fourth-order valence-electron chi connectivity index (χ4n) is 3.12. The summed E-state index contributed by atoms with van der Waals surface area (Å²) < 4.78 is 60.3. The van der Waals surface area contributed by atoms with E-state index in [2.05, 4.69) is 0 Å². The maximum absolute atomic E-state index is 14.6. The van der Waals surface area contributed by atoms with Crippen molar-refractivity contribution >= 4 is 17.8 Å². The Labute approximate surface area is 169 Å². The lowest BCUT2D eigenvalue weighted by atomic mass is 10.1. The Morgan fingerprint density at radius 2 is 1.45 bits per heavy atom. The molecule has 7 heteroatoms. The Bertz CT molecular complexity index is 800. The van der Waals surface area contributed by atoms with Gasteiger partial charge in [0.05, 0.1) is 5.56 Å². The van der Waals surface area contributed by atoms with Crippen LogP contribution < -0.4 is 15.2 Å². The normalized spacial score (nSPS) is 11.4. The Morgan fingerprint density at radius 1 is 0.897 bits per heavy atom. The number of halogens is 4.